The van der Waals surface area contributed by atoms with Gasteiger partial charge in [0.1, 0.15) is 11.6 Å². The molecule has 192 valence electrons. The monoisotopic (exact) mass is 562 g/mol. The normalized spacial score (nSPS) is 15.4. The van der Waals surface area contributed by atoms with Gasteiger partial charge in [0.05, 0.1) is 17.2 Å². The van der Waals surface area contributed by atoms with Gasteiger partial charge in [-0.25, -0.2) is 0 Å². The molecule has 0 bridgehead atoms. The van der Waals surface area contributed by atoms with Crippen molar-refractivity contribution < 1.29 is 14.3 Å². The molecule has 1 saturated heterocycles. The summed E-state index contributed by atoms with van der Waals surface area (Å²) in [7, 11) is 0. The summed E-state index contributed by atoms with van der Waals surface area (Å²) >= 11 is 8.65. The molecule has 0 unspecified atom stereocenters. The molecule has 1 aromatic heterocycles. The molecule has 0 aliphatic carbocycles. The zero-order valence-electron chi connectivity index (χ0n) is 20.6. The van der Waals surface area contributed by atoms with Gasteiger partial charge in [-0.3, -0.25) is 9.69 Å². The fourth-order valence-electron chi connectivity index (χ4n) is 3.66. The first kappa shape index (κ1) is 26.0. The average molecular weight is 563 g/mol. The van der Waals surface area contributed by atoms with Gasteiger partial charge in [-0.15, -0.1) is 10.2 Å². The van der Waals surface area contributed by atoms with Crippen molar-refractivity contribution in [3.8, 4) is 11.5 Å². The van der Waals surface area contributed by atoms with Gasteiger partial charge in [0.25, 0.3) is 5.91 Å². The Morgan fingerprint density at radius 2 is 1.79 bits per heavy atom. The summed E-state index contributed by atoms with van der Waals surface area (Å²) in [5, 5.41) is 10.7. The molecule has 10 heteroatoms. The van der Waals surface area contributed by atoms with Crippen LogP contribution in [0.5, 0.6) is 11.5 Å². The highest BCUT2D eigenvalue weighted by molar-refractivity contribution is 8.19. The van der Waals surface area contributed by atoms with Crippen LogP contribution in [0.2, 0.25) is 5.02 Å². The number of hydrogen-bond donors (Lipinski definition) is 0. The predicted octanol–water partition coefficient (Wildman–Crippen LogP) is 7.29. The maximum atomic E-state index is 13.5. The Labute approximate surface area is 233 Å². The maximum Gasteiger partial charge on any atom is 0.271 e. The molecule has 0 atom stereocenters. The Balaban J connectivity index is 1.43. The van der Waals surface area contributed by atoms with Crippen LogP contribution >= 0.6 is 34.7 Å². The van der Waals surface area contributed by atoms with E-state index in [9.17, 15) is 4.79 Å². The van der Waals surface area contributed by atoms with Crippen LogP contribution in [0.15, 0.2) is 82.7 Å². The number of ether oxygens (including phenoxy) is 2. The van der Waals surface area contributed by atoms with Crippen molar-refractivity contribution in [1.82, 2.24) is 10.2 Å². The number of amidine groups is 1. The van der Waals surface area contributed by atoms with Gasteiger partial charge >= 0.3 is 0 Å². The molecule has 1 amide bonds. The Morgan fingerprint density at radius 1 is 1.00 bits per heavy atom. The van der Waals surface area contributed by atoms with Crippen LogP contribution in [0, 0.1) is 6.92 Å². The molecule has 5 rings (SSSR count). The minimum atomic E-state index is -0.165. The highest BCUT2D eigenvalue weighted by atomic mass is 35.5. The third-order valence-electron chi connectivity index (χ3n) is 5.40. The standard InChI is InChI=1S/C28H23ClN4O3S2/c1-3-35-24-15-20(11-14-23(24)36-17-19-9-12-21(29)13-10-19)16-25-26(34)33(22-7-5-4-6-8-22)28(38-25)30-27-32-31-18(2)37-27/h4-16H,3,17H2,1-2H3/b25-16-,30-28+. The second-order valence-corrected chi connectivity index (χ2v) is 10.7. The SMILES string of the molecule is CCOc1cc(/C=C2\S/C(=N/c3nnc(C)s3)N(c3ccccc3)C2=O)ccc1OCc1ccc(Cl)cc1. The Bertz CT molecular complexity index is 1500. The summed E-state index contributed by atoms with van der Waals surface area (Å²) in [6, 6.07) is 22.6. The van der Waals surface area contributed by atoms with Crippen molar-refractivity contribution in [3.63, 3.8) is 0 Å². The molecule has 0 spiro atoms. The van der Waals surface area contributed by atoms with E-state index in [0.717, 1.165) is 21.8 Å². The van der Waals surface area contributed by atoms with E-state index in [1.807, 2.05) is 92.7 Å². The number of para-hydroxylation sites is 1. The van der Waals surface area contributed by atoms with Crippen LogP contribution in [0.3, 0.4) is 0 Å². The third-order valence-corrected chi connectivity index (χ3v) is 7.35. The van der Waals surface area contributed by atoms with Gasteiger partial charge in [0.2, 0.25) is 5.13 Å². The number of carbonyl (C=O) groups is 1. The van der Waals surface area contributed by atoms with Crippen molar-refractivity contribution in [3.05, 3.63) is 98.9 Å². The second-order valence-electron chi connectivity index (χ2n) is 8.14. The predicted molar refractivity (Wildman–Crippen MR) is 155 cm³/mol. The van der Waals surface area contributed by atoms with Crippen molar-refractivity contribution >= 4 is 62.7 Å². The van der Waals surface area contributed by atoms with Crippen LogP contribution in [-0.4, -0.2) is 27.9 Å². The number of benzene rings is 3. The zero-order chi connectivity index (χ0) is 26.5. The van der Waals surface area contributed by atoms with Crippen molar-refractivity contribution in [1.29, 1.82) is 0 Å². The third kappa shape index (κ3) is 6.07. The van der Waals surface area contributed by atoms with Crippen LogP contribution in [0.1, 0.15) is 23.1 Å². The molecular formula is C28H23ClN4O3S2. The van der Waals surface area contributed by atoms with E-state index < -0.39 is 0 Å². The van der Waals surface area contributed by atoms with E-state index in [1.165, 1.54) is 23.1 Å². The first-order chi connectivity index (χ1) is 18.5. The van der Waals surface area contributed by atoms with Gasteiger partial charge in [-0.05, 0) is 79.2 Å². The average Bonchev–Trinajstić information content (AvgIpc) is 3.47. The van der Waals surface area contributed by atoms with Crippen LogP contribution in [-0.2, 0) is 11.4 Å². The summed E-state index contributed by atoms with van der Waals surface area (Å²) in [4.78, 5) is 20.3. The lowest BCUT2D eigenvalue weighted by Crippen LogP contribution is -2.28. The molecule has 1 fully saturated rings. The molecule has 4 aromatic rings. The van der Waals surface area contributed by atoms with E-state index >= 15 is 0 Å². The highest BCUT2D eigenvalue weighted by Gasteiger charge is 2.35. The topological polar surface area (TPSA) is 76.9 Å². The van der Waals surface area contributed by atoms with Gasteiger partial charge in [-0.2, -0.15) is 4.99 Å². The number of amides is 1. The molecule has 0 saturated carbocycles. The molecule has 1 aliphatic rings. The Kier molecular flexibility index (Phi) is 8.07. The van der Waals surface area contributed by atoms with E-state index in [4.69, 9.17) is 21.1 Å². The number of anilines is 1. The largest absolute Gasteiger partial charge is 0.490 e. The second kappa shape index (κ2) is 11.8. The number of nitrogens with zero attached hydrogens (tertiary/aromatic N) is 4. The molecule has 3 aromatic carbocycles. The number of aromatic nitrogens is 2. The number of aryl methyl sites for hydroxylation is 1. The van der Waals surface area contributed by atoms with E-state index in [1.54, 1.807) is 4.90 Å². The smallest absolute Gasteiger partial charge is 0.271 e. The molecule has 2 heterocycles. The summed E-state index contributed by atoms with van der Waals surface area (Å²) in [5.74, 6) is 1.06. The fraction of sp³-hybridized carbons (Fsp3) is 0.143. The number of carbonyl (C=O) groups excluding carboxylic acids is 1. The first-order valence-electron chi connectivity index (χ1n) is 11.8. The Morgan fingerprint density at radius 3 is 2.50 bits per heavy atom. The number of aliphatic imine (C=N–C) groups is 1. The van der Waals surface area contributed by atoms with E-state index in [0.29, 0.717) is 44.9 Å². The maximum absolute atomic E-state index is 13.5. The van der Waals surface area contributed by atoms with Gasteiger partial charge in [0.15, 0.2) is 16.7 Å². The van der Waals surface area contributed by atoms with Gasteiger partial charge < -0.3 is 9.47 Å². The lowest BCUT2D eigenvalue weighted by Gasteiger charge is -2.15. The van der Waals surface area contributed by atoms with Crippen LogP contribution in [0.25, 0.3) is 6.08 Å². The molecule has 0 radical (unpaired) electrons. The minimum absolute atomic E-state index is 0.165. The van der Waals surface area contributed by atoms with Gasteiger partial charge in [0, 0.05) is 5.02 Å². The lowest BCUT2D eigenvalue weighted by molar-refractivity contribution is -0.113. The highest BCUT2D eigenvalue weighted by Crippen LogP contribution is 2.38. The molecule has 7 nitrogen and oxygen atoms in total. The minimum Gasteiger partial charge on any atom is -0.490 e. The lowest BCUT2D eigenvalue weighted by atomic mass is 10.1. The first-order valence-corrected chi connectivity index (χ1v) is 13.8. The molecule has 0 N–H and O–H groups in total. The zero-order valence-corrected chi connectivity index (χ0v) is 23.0. The molecule has 1 aliphatic heterocycles. The van der Waals surface area contributed by atoms with Crippen molar-refractivity contribution in [2.45, 2.75) is 20.5 Å². The number of rotatable bonds is 8. The number of thioether (sulfide) groups is 1. The number of halogens is 1. The van der Waals surface area contributed by atoms with Crippen molar-refractivity contribution in [2.24, 2.45) is 4.99 Å². The molecular weight excluding hydrogens is 540 g/mol. The quantitative estimate of drug-likeness (QED) is 0.210. The number of hydrogen-bond acceptors (Lipinski definition) is 8. The van der Waals surface area contributed by atoms with Crippen LogP contribution in [0.4, 0.5) is 10.8 Å². The van der Waals surface area contributed by atoms with E-state index in [2.05, 4.69) is 15.2 Å². The fourth-order valence-corrected chi connectivity index (χ4v) is 5.39. The Hall–Kier alpha value is -3.66. The van der Waals surface area contributed by atoms with Gasteiger partial charge in [-0.1, -0.05) is 59.3 Å². The summed E-state index contributed by atoms with van der Waals surface area (Å²) in [6.45, 7) is 4.64. The van der Waals surface area contributed by atoms with E-state index in [-0.39, 0.29) is 5.91 Å². The van der Waals surface area contributed by atoms with Crippen LogP contribution < -0.4 is 14.4 Å². The summed E-state index contributed by atoms with van der Waals surface area (Å²) < 4.78 is 11.9. The summed E-state index contributed by atoms with van der Waals surface area (Å²) in [6.07, 6.45) is 1.84. The molecule has 38 heavy (non-hydrogen) atoms. The van der Waals surface area contributed by atoms with Crippen molar-refractivity contribution in [2.75, 3.05) is 11.5 Å². The summed E-state index contributed by atoms with van der Waals surface area (Å²) in [5.41, 5.74) is 2.54.